The highest BCUT2D eigenvalue weighted by molar-refractivity contribution is 9.10. The number of piperidine rings is 1. The third-order valence-corrected chi connectivity index (χ3v) is 7.64. The van der Waals surface area contributed by atoms with Crippen LogP contribution in [0.2, 0.25) is 0 Å². The molecular formula is C22H24BrN3O2. The molecule has 5 nitrogen and oxygen atoms in total. The van der Waals surface area contributed by atoms with Crippen LogP contribution in [0.1, 0.15) is 51.9 Å². The molecule has 1 amide bonds. The van der Waals surface area contributed by atoms with E-state index >= 15 is 0 Å². The van der Waals surface area contributed by atoms with E-state index in [9.17, 15) is 9.90 Å². The van der Waals surface area contributed by atoms with Crippen LogP contribution in [0, 0.1) is 10.8 Å². The fourth-order valence-corrected chi connectivity index (χ4v) is 6.07. The summed E-state index contributed by atoms with van der Waals surface area (Å²) in [6.45, 7) is 6.72. The van der Waals surface area contributed by atoms with Crippen LogP contribution in [0.5, 0.6) is 0 Å². The summed E-state index contributed by atoms with van der Waals surface area (Å²) in [5, 5.41) is 12.2. The molecule has 146 valence electrons. The summed E-state index contributed by atoms with van der Waals surface area (Å²) in [5.74, 6) is 0.782. The Labute approximate surface area is 172 Å². The number of carboxylic acid groups (broad SMARTS) is 1. The Morgan fingerprint density at radius 2 is 2.11 bits per heavy atom. The molecule has 3 aromatic rings. The molecule has 1 aliphatic heterocycles. The number of carbonyl (C=O) groups is 1. The first-order valence-corrected chi connectivity index (χ1v) is 10.6. The van der Waals surface area contributed by atoms with Gasteiger partial charge < -0.3 is 10.1 Å². The summed E-state index contributed by atoms with van der Waals surface area (Å²) in [7, 11) is 0. The lowest BCUT2D eigenvalue weighted by Crippen LogP contribution is -2.46. The highest BCUT2D eigenvalue weighted by atomic mass is 79.9. The number of aromatic nitrogens is 2. The van der Waals surface area contributed by atoms with Gasteiger partial charge >= 0.3 is 6.09 Å². The maximum absolute atomic E-state index is 12.2. The fraction of sp³-hybridized carbons (Fsp3) is 0.455. The van der Waals surface area contributed by atoms with Crippen molar-refractivity contribution in [1.29, 1.82) is 0 Å². The molecule has 2 aromatic carbocycles. The third-order valence-electron chi connectivity index (χ3n) is 7.15. The Kier molecular flexibility index (Phi) is 3.67. The van der Waals surface area contributed by atoms with E-state index in [4.69, 9.17) is 4.98 Å². The van der Waals surface area contributed by atoms with E-state index in [1.54, 1.807) is 4.90 Å². The van der Waals surface area contributed by atoms with E-state index < -0.39 is 6.09 Å². The molecule has 1 unspecified atom stereocenters. The molecule has 1 saturated carbocycles. The normalized spacial score (nSPS) is 27.2. The summed E-state index contributed by atoms with van der Waals surface area (Å²) >= 11 is 3.53. The standard InChI is InChI=1S/C22H24BrN3O2/c1-21(2,3)22-9-8-14(11-22)26(20(27)28)18(22)19-24-16-7-4-12-10-13(23)5-6-15(12)17(16)25-19/h4-7,10,14,18H,8-9,11H2,1-3H3,(H,24,25)(H,27,28)/t14-,18-,22?/m1/s1. The Morgan fingerprint density at radius 3 is 2.82 bits per heavy atom. The number of likely N-dealkylation sites (tertiary alicyclic amines) is 1. The zero-order valence-corrected chi connectivity index (χ0v) is 17.9. The second-order valence-electron chi connectivity index (χ2n) is 9.34. The van der Waals surface area contributed by atoms with Gasteiger partial charge in [-0.25, -0.2) is 9.78 Å². The summed E-state index contributed by atoms with van der Waals surface area (Å²) in [5.41, 5.74) is 1.77. The summed E-state index contributed by atoms with van der Waals surface area (Å²) < 4.78 is 1.04. The number of halogens is 1. The van der Waals surface area contributed by atoms with Gasteiger partial charge in [0.1, 0.15) is 5.82 Å². The molecule has 2 aliphatic rings. The van der Waals surface area contributed by atoms with Crippen LogP contribution in [0.15, 0.2) is 34.8 Å². The monoisotopic (exact) mass is 441 g/mol. The number of aromatic amines is 1. The molecule has 0 spiro atoms. The number of imidazole rings is 1. The number of rotatable bonds is 1. The van der Waals surface area contributed by atoms with Crippen molar-refractivity contribution in [2.75, 3.05) is 0 Å². The van der Waals surface area contributed by atoms with Gasteiger partial charge in [0.05, 0.1) is 17.1 Å². The third kappa shape index (κ3) is 2.30. The smallest absolute Gasteiger partial charge is 0.408 e. The van der Waals surface area contributed by atoms with E-state index in [2.05, 4.69) is 59.9 Å². The van der Waals surface area contributed by atoms with Crippen LogP contribution < -0.4 is 0 Å². The Morgan fingerprint density at radius 1 is 1.32 bits per heavy atom. The maximum atomic E-state index is 12.2. The van der Waals surface area contributed by atoms with Crippen LogP contribution in [0.4, 0.5) is 4.79 Å². The lowest BCUT2D eigenvalue weighted by Gasteiger charge is -2.47. The second kappa shape index (κ2) is 5.72. The number of H-pyrrole nitrogens is 1. The average molecular weight is 442 g/mol. The number of hydrogen-bond acceptors (Lipinski definition) is 2. The minimum absolute atomic E-state index is 0.0114. The van der Waals surface area contributed by atoms with E-state index in [1.807, 2.05) is 12.1 Å². The van der Waals surface area contributed by atoms with Crippen molar-refractivity contribution >= 4 is 43.8 Å². The first kappa shape index (κ1) is 18.0. The predicted octanol–water partition coefficient (Wildman–Crippen LogP) is 6.10. The Bertz CT molecular complexity index is 1120. The van der Waals surface area contributed by atoms with Gasteiger partial charge in [-0.1, -0.05) is 48.8 Å². The number of nitrogens with one attached hydrogen (secondary N) is 1. The Balaban J connectivity index is 1.73. The summed E-state index contributed by atoms with van der Waals surface area (Å²) in [6, 6.07) is 10.1. The first-order valence-electron chi connectivity index (χ1n) is 9.80. The van der Waals surface area contributed by atoms with Crippen molar-refractivity contribution in [3.8, 4) is 0 Å². The van der Waals surface area contributed by atoms with Crippen molar-refractivity contribution in [2.24, 2.45) is 10.8 Å². The van der Waals surface area contributed by atoms with Gasteiger partial charge in [0.2, 0.25) is 0 Å². The minimum atomic E-state index is -0.838. The van der Waals surface area contributed by atoms with Gasteiger partial charge in [0.15, 0.2) is 0 Å². The number of hydrogen-bond donors (Lipinski definition) is 2. The number of amides is 1. The molecule has 1 aliphatic carbocycles. The zero-order valence-electron chi connectivity index (χ0n) is 16.3. The van der Waals surface area contributed by atoms with Crippen molar-refractivity contribution in [3.63, 3.8) is 0 Å². The van der Waals surface area contributed by atoms with E-state index in [0.717, 1.165) is 51.4 Å². The average Bonchev–Trinajstić information content (AvgIpc) is 3.31. The van der Waals surface area contributed by atoms with E-state index in [-0.39, 0.29) is 22.9 Å². The van der Waals surface area contributed by atoms with E-state index in [1.165, 1.54) is 0 Å². The fourth-order valence-electron chi connectivity index (χ4n) is 5.69. The van der Waals surface area contributed by atoms with Crippen LogP contribution >= 0.6 is 15.9 Å². The van der Waals surface area contributed by atoms with Gasteiger partial charge in [-0.15, -0.1) is 0 Å². The molecule has 2 bridgehead atoms. The molecule has 1 saturated heterocycles. The summed E-state index contributed by atoms with van der Waals surface area (Å²) in [4.78, 5) is 22.3. The molecule has 0 radical (unpaired) electrons. The Hall–Kier alpha value is -2.08. The molecule has 2 fully saturated rings. The van der Waals surface area contributed by atoms with Gasteiger partial charge in [0, 0.05) is 21.3 Å². The molecule has 3 atom stereocenters. The molecular weight excluding hydrogens is 418 g/mol. The van der Waals surface area contributed by atoms with Gasteiger partial charge in [-0.2, -0.15) is 0 Å². The molecule has 2 heterocycles. The van der Waals surface area contributed by atoms with Crippen LogP contribution in [-0.4, -0.2) is 32.1 Å². The maximum Gasteiger partial charge on any atom is 0.408 e. The molecule has 1 aromatic heterocycles. The topological polar surface area (TPSA) is 69.2 Å². The van der Waals surface area contributed by atoms with Crippen molar-refractivity contribution in [1.82, 2.24) is 14.9 Å². The molecule has 5 rings (SSSR count). The molecule has 28 heavy (non-hydrogen) atoms. The van der Waals surface area contributed by atoms with Gasteiger partial charge in [-0.3, -0.25) is 4.90 Å². The van der Waals surface area contributed by atoms with Crippen LogP contribution in [0.3, 0.4) is 0 Å². The molecule has 2 N–H and O–H groups in total. The van der Waals surface area contributed by atoms with Crippen LogP contribution in [-0.2, 0) is 0 Å². The van der Waals surface area contributed by atoms with Crippen molar-refractivity contribution in [2.45, 2.75) is 52.1 Å². The van der Waals surface area contributed by atoms with Gasteiger partial charge in [0.25, 0.3) is 0 Å². The lowest BCUT2D eigenvalue weighted by atomic mass is 9.61. The SMILES string of the molecule is CC(C)(C)C12CC[C@H](C1)N(C(=O)O)[C@@H]2c1nc2ccc3cc(Br)ccc3c2[nH]1. The first-order chi connectivity index (χ1) is 13.2. The summed E-state index contributed by atoms with van der Waals surface area (Å²) in [6.07, 6.45) is 2.06. The number of nitrogens with zero attached hydrogens (tertiary/aromatic N) is 2. The highest BCUT2D eigenvalue weighted by Gasteiger charge is 2.64. The van der Waals surface area contributed by atoms with Crippen molar-refractivity contribution in [3.05, 3.63) is 40.6 Å². The molecule has 6 heteroatoms. The zero-order chi connectivity index (χ0) is 19.8. The second-order valence-corrected chi connectivity index (χ2v) is 10.3. The lowest BCUT2D eigenvalue weighted by molar-refractivity contribution is 0.00823. The van der Waals surface area contributed by atoms with Crippen molar-refractivity contribution < 1.29 is 9.90 Å². The quantitative estimate of drug-likeness (QED) is 0.479. The minimum Gasteiger partial charge on any atom is -0.465 e. The van der Waals surface area contributed by atoms with Gasteiger partial charge in [-0.05, 0) is 48.3 Å². The predicted molar refractivity (Wildman–Crippen MR) is 113 cm³/mol. The number of benzene rings is 2. The highest BCUT2D eigenvalue weighted by Crippen LogP contribution is 2.66. The number of fused-ring (bicyclic) bond motifs is 5. The van der Waals surface area contributed by atoms with Crippen LogP contribution in [0.25, 0.3) is 21.8 Å². The largest absolute Gasteiger partial charge is 0.465 e. The van der Waals surface area contributed by atoms with E-state index in [0.29, 0.717) is 0 Å².